The van der Waals surface area contributed by atoms with E-state index >= 15 is 0 Å². The average Bonchev–Trinajstić information content (AvgIpc) is 3.34. The van der Waals surface area contributed by atoms with Gasteiger partial charge in [-0.2, -0.15) is 0 Å². The molecule has 9 heteroatoms. The number of ether oxygens (including phenoxy) is 3. The highest BCUT2D eigenvalue weighted by molar-refractivity contribution is 5.86. The quantitative estimate of drug-likeness (QED) is 0.0719. The zero-order valence-corrected chi connectivity index (χ0v) is 29.8. The Labute approximate surface area is 289 Å². The van der Waals surface area contributed by atoms with Gasteiger partial charge in [-0.3, -0.25) is 4.79 Å². The Morgan fingerprint density at radius 2 is 1.35 bits per heavy atom. The number of carboxylic acid groups (broad SMARTS) is 1. The topological polar surface area (TPSA) is 136 Å². The molecule has 0 bridgehead atoms. The first-order valence-electron chi connectivity index (χ1n) is 16.9. The first-order chi connectivity index (χ1) is 23.0. The van der Waals surface area contributed by atoms with Crippen molar-refractivity contribution in [3.63, 3.8) is 0 Å². The number of cyclic esters (lactones) is 1. The molecule has 1 aromatic carbocycles. The summed E-state index contributed by atoms with van der Waals surface area (Å²) in [5.74, 6) is -1.72. The third-order valence-electron chi connectivity index (χ3n) is 6.27. The SMILES string of the molecule is C=C(C)C(=O)O.C=C(C)C(=O)OCCCCCCCCCCCC.C=CC(=O)OCCO.C=Cc1ccccc1.O=C1CCCCCO1. The van der Waals surface area contributed by atoms with Gasteiger partial charge in [0.15, 0.2) is 0 Å². The number of hydrogen-bond donors (Lipinski definition) is 2. The number of esters is 3. The second kappa shape index (κ2) is 37.5. The number of carboxylic acids is 1. The number of aliphatic carboxylic acids is 1. The van der Waals surface area contributed by atoms with Gasteiger partial charge in [-0.05, 0) is 45.1 Å². The van der Waals surface area contributed by atoms with Gasteiger partial charge in [-0.15, -0.1) is 0 Å². The highest BCUT2D eigenvalue weighted by Gasteiger charge is 2.05. The molecule has 1 saturated heterocycles. The van der Waals surface area contributed by atoms with Crippen molar-refractivity contribution in [3.05, 3.63) is 79.4 Å². The Morgan fingerprint density at radius 3 is 1.79 bits per heavy atom. The minimum Gasteiger partial charge on any atom is -0.478 e. The molecule has 0 spiro atoms. The third kappa shape index (κ3) is 40.0. The van der Waals surface area contributed by atoms with Crippen LogP contribution in [0.1, 0.15) is 116 Å². The average molecular weight is 675 g/mol. The molecular weight excluding hydrogens is 612 g/mol. The lowest BCUT2D eigenvalue weighted by Gasteiger charge is -2.04. The summed E-state index contributed by atoms with van der Waals surface area (Å²) < 4.78 is 14.1. The van der Waals surface area contributed by atoms with E-state index in [1.807, 2.05) is 36.4 Å². The molecular formula is C39H62O9. The zero-order chi connectivity index (χ0) is 36.8. The van der Waals surface area contributed by atoms with Crippen molar-refractivity contribution in [2.75, 3.05) is 26.4 Å². The highest BCUT2D eigenvalue weighted by atomic mass is 16.5. The number of benzene rings is 1. The number of aliphatic hydroxyl groups excluding tert-OH is 1. The van der Waals surface area contributed by atoms with Gasteiger partial charge in [-0.25, -0.2) is 14.4 Å². The minimum atomic E-state index is -0.935. The van der Waals surface area contributed by atoms with Crippen LogP contribution in [0.4, 0.5) is 0 Å². The van der Waals surface area contributed by atoms with Crippen LogP contribution in [0.25, 0.3) is 6.08 Å². The molecule has 0 radical (unpaired) electrons. The Bertz CT molecular complexity index is 994. The molecule has 48 heavy (non-hydrogen) atoms. The molecule has 0 atom stereocenters. The van der Waals surface area contributed by atoms with Crippen molar-refractivity contribution in [1.29, 1.82) is 0 Å². The van der Waals surface area contributed by atoms with E-state index in [2.05, 4.69) is 38.0 Å². The second-order valence-electron chi connectivity index (χ2n) is 10.9. The van der Waals surface area contributed by atoms with Crippen LogP contribution >= 0.6 is 0 Å². The van der Waals surface area contributed by atoms with Crippen molar-refractivity contribution >= 4 is 30.0 Å². The van der Waals surface area contributed by atoms with Crippen LogP contribution in [0.2, 0.25) is 0 Å². The maximum atomic E-state index is 11.1. The molecule has 272 valence electrons. The van der Waals surface area contributed by atoms with Gasteiger partial charge >= 0.3 is 23.9 Å². The van der Waals surface area contributed by atoms with Crippen molar-refractivity contribution in [2.24, 2.45) is 0 Å². The van der Waals surface area contributed by atoms with Crippen LogP contribution in [0.5, 0.6) is 0 Å². The van der Waals surface area contributed by atoms with Gasteiger partial charge in [0.05, 0.1) is 19.8 Å². The molecule has 0 amide bonds. The molecule has 1 fully saturated rings. The molecule has 1 aliphatic rings. The van der Waals surface area contributed by atoms with E-state index in [9.17, 15) is 19.2 Å². The van der Waals surface area contributed by atoms with Crippen LogP contribution in [-0.2, 0) is 33.4 Å². The Kier molecular flexibility index (Phi) is 37.8. The van der Waals surface area contributed by atoms with Crippen molar-refractivity contribution in [1.82, 2.24) is 0 Å². The summed E-state index contributed by atoms with van der Waals surface area (Å²) in [5, 5.41) is 16.0. The third-order valence-corrected chi connectivity index (χ3v) is 6.27. The number of carbonyl (C=O) groups is 4. The Hall–Kier alpha value is -3.98. The van der Waals surface area contributed by atoms with E-state index in [4.69, 9.17) is 19.7 Å². The van der Waals surface area contributed by atoms with Gasteiger partial charge < -0.3 is 24.4 Å². The maximum absolute atomic E-state index is 11.1. The summed E-state index contributed by atoms with van der Waals surface area (Å²) in [6.45, 7) is 20.0. The number of carbonyl (C=O) groups excluding carboxylic acids is 3. The normalized spacial score (nSPS) is 11.2. The fourth-order valence-electron chi connectivity index (χ4n) is 3.48. The standard InChI is InChI=1S/C16H30O2.C8H8.C6H10O2.C5H8O3.C4H6O2/c1-4-5-6-7-8-9-10-11-12-13-14-18-16(17)15(2)3;1-2-8-6-4-3-5-7-8;7-6-4-2-1-3-5-8-6;1-2-5(7)8-4-3-6;1-3(2)4(5)6/h2,4-14H2,1,3H3;2-7H,1H2;1-5H2;2,6H,1,3-4H2;1H2,2H3,(H,5,6). The molecule has 9 nitrogen and oxygen atoms in total. The number of aliphatic hydroxyl groups is 1. The Balaban J connectivity index is -0.000000567. The van der Waals surface area contributed by atoms with E-state index in [0.717, 1.165) is 31.8 Å². The molecule has 2 rings (SSSR count). The van der Waals surface area contributed by atoms with Crippen LogP contribution in [-0.4, -0.2) is 60.5 Å². The van der Waals surface area contributed by atoms with E-state index in [-0.39, 0.29) is 30.7 Å². The summed E-state index contributed by atoms with van der Waals surface area (Å²) in [4.78, 5) is 41.3. The first-order valence-corrected chi connectivity index (χ1v) is 16.9. The minimum absolute atomic E-state index is 0.0255. The largest absolute Gasteiger partial charge is 0.478 e. The van der Waals surface area contributed by atoms with Gasteiger partial charge in [0.2, 0.25) is 0 Å². The predicted octanol–water partition coefficient (Wildman–Crippen LogP) is 8.81. The first kappa shape index (κ1) is 48.4. The lowest BCUT2D eigenvalue weighted by molar-refractivity contribution is -0.143. The summed E-state index contributed by atoms with van der Waals surface area (Å²) in [5.41, 5.74) is 1.84. The summed E-state index contributed by atoms with van der Waals surface area (Å²) >= 11 is 0. The smallest absolute Gasteiger partial charge is 0.333 e. The number of rotatable bonds is 17. The molecule has 0 aliphatic carbocycles. The summed E-state index contributed by atoms with van der Waals surface area (Å²) in [6.07, 6.45) is 19.7. The Morgan fingerprint density at radius 1 is 0.812 bits per heavy atom. The van der Waals surface area contributed by atoms with E-state index in [0.29, 0.717) is 25.2 Å². The van der Waals surface area contributed by atoms with Crippen LogP contribution < -0.4 is 0 Å². The molecule has 1 aromatic rings. The monoisotopic (exact) mass is 674 g/mol. The van der Waals surface area contributed by atoms with Crippen LogP contribution in [0.15, 0.2) is 73.9 Å². The van der Waals surface area contributed by atoms with E-state index in [1.54, 1.807) is 6.92 Å². The molecule has 1 aliphatic heterocycles. The van der Waals surface area contributed by atoms with Gasteiger partial charge in [0.25, 0.3) is 0 Å². The van der Waals surface area contributed by atoms with Gasteiger partial charge in [0.1, 0.15) is 6.61 Å². The highest BCUT2D eigenvalue weighted by Crippen LogP contribution is 2.10. The zero-order valence-electron chi connectivity index (χ0n) is 29.8. The van der Waals surface area contributed by atoms with Crippen molar-refractivity contribution in [3.8, 4) is 0 Å². The molecule has 0 saturated carbocycles. The lowest BCUT2D eigenvalue weighted by Crippen LogP contribution is -2.05. The summed E-state index contributed by atoms with van der Waals surface area (Å²) in [6, 6.07) is 10.0. The van der Waals surface area contributed by atoms with Crippen LogP contribution in [0, 0.1) is 0 Å². The molecule has 1 heterocycles. The molecule has 0 unspecified atom stereocenters. The lowest BCUT2D eigenvalue weighted by atomic mass is 10.1. The second-order valence-corrected chi connectivity index (χ2v) is 10.9. The van der Waals surface area contributed by atoms with Crippen LogP contribution in [0.3, 0.4) is 0 Å². The fraction of sp³-hybridized carbons (Fsp3) is 0.538. The number of unbranched alkanes of at least 4 members (excludes halogenated alkanes) is 9. The maximum Gasteiger partial charge on any atom is 0.333 e. The molecule has 2 N–H and O–H groups in total. The predicted molar refractivity (Wildman–Crippen MR) is 194 cm³/mol. The van der Waals surface area contributed by atoms with Crippen molar-refractivity contribution < 1.29 is 43.6 Å². The van der Waals surface area contributed by atoms with E-state index in [1.165, 1.54) is 70.3 Å². The van der Waals surface area contributed by atoms with E-state index < -0.39 is 11.9 Å². The number of hydrogen-bond acceptors (Lipinski definition) is 8. The van der Waals surface area contributed by atoms with Gasteiger partial charge in [-0.1, -0.05) is 127 Å². The fourth-order valence-corrected chi connectivity index (χ4v) is 3.48. The molecule has 0 aromatic heterocycles. The summed E-state index contributed by atoms with van der Waals surface area (Å²) in [7, 11) is 0. The van der Waals surface area contributed by atoms with Gasteiger partial charge in [0, 0.05) is 23.6 Å². The van der Waals surface area contributed by atoms with Crippen molar-refractivity contribution in [2.45, 2.75) is 111 Å².